The fourth-order valence-electron chi connectivity index (χ4n) is 2.30. The molecule has 4 nitrogen and oxygen atoms in total. The number of morpholine rings is 1. The van der Waals surface area contributed by atoms with Crippen molar-refractivity contribution >= 4 is 21.7 Å². The Labute approximate surface area is 123 Å². The Morgan fingerprint density at radius 1 is 1.58 bits per heavy atom. The van der Waals surface area contributed by atoms with E-state index in [1.165, 1.54) is 5.56 Å². The van der Waals surface area contributed by atoms with E-state index < -0.39 is 0 Å². The molecule has 1 fully saturated rings. The van der Waals surface area contributed by atoms with Crippen LogP contribution in [0.15, 0.2) is 16.7 Å². The number of aromatic nitrogens is 1. The first-order chi connectivity index (χ1) is 9.20. The smallest absolute Gasteiger partial charge is 0.133 e. The monoisotopic (exact) mass is 327 g/mol. The lowest BCUT2D eigenvalue weighted by Crippen LogP contribution is -2.42. The van der Waals surface area contributed by atoms with E-state index >= 15 is 0 Å². The molecule has 1 aliphatic rings. The van der Waals surface area contributed by atoms with Crippen molar-refractivity contribution in [3.8, 4) is 0 Å². The quantitative estimate of drug-likeness (QED) is 0.843. The molecule has 0 aromatic carbocycles. The van der Waals surface area contributed by atoms with Gasteiger partial charge in [0.25, 0.3) is 0 Å². The van der Waals surface area contributed by atoms with Crippen LogP contribution in [0, 0.1) is 0 Å². The molecule has 1 aromatic rings. The maximum Gasteiger partial charge on any atom is 0.133 e. The fourth-order valence-corrected chi connectivity index (χ4v) is 2.68. The Kier molecular flexibility index (Phi) is 5.60. The molecule has 0 radical (unpaired) electrons. The Bertz CT molecular complexity index is 414. The zero-order valence-corrected chi connectivity index (χ0v) is 13.2. The van der Waals surface area contributed by atoms with Gasteiger partial charge in [0.15, 0.2) is 0 Å². The summed E-state index contributed by atoms with van der Waals surface area (Å²) in [5.74, 6) is 1.09. The van der Waals surface area contributed by atoms with Crippen LogP contribution in [0.4, 0.5) is 5.82 Å². The van der Waals surface area contributed by atoms with Crippen molar-refractivity contribution in [2.45, 2.75) is 32.9 Å². The highest BCUT2D eigenvalue weighted by Gasteiger charge is 2.20. The summed E-state index contributed by atoms with van der Waals surface area (Å²) in [6.45, 7) is 8.79. The maximum atomic E-state index is 5.60. The third-order valence-electron chi connectivity index (χ3n) is 3.19. The van der Waals surface area contributed by atoms with E-state index in [9.17, 15) is 0 Å². The van der Waals surface area contributed by atoms with Crippen LogP contribution in [-0.2, 0) is 11.3 Å². The summed E-state index contributed by atoms with van der Waals surface area (Å²) in [6.07, 6.45) is 3.29. The van der Waals surface area contributed by atoms with E-state index in [0.717, 1.165) is 49.5 Å². The zero-order chi connectivity index (χ0) is 13.7. The van der Waals surface area contributed by atoms with Crippen LogP contribution in [0.5, 0.6) is 0 Å². The van der Waals surface area contributed by atoms with Crippen molar-refractivity contribution in [3.05, 3.63) is 22.3 Å². The van der Waals surface area contributed by atoms with Gasteiger partial charge in [-0.2, -0.15) is 0 Å². The van der Waals surface area contributed by atoms with E-state index in [-0.39, 0.29) is 6.10 Å². The summed E-state index contributed by atoms with van der Waals surface area (Å²) in [5.41, 5.74) is 1.25. The van der Waals surface area contributed by atoms with Gasteiger partial charge in [0.1, 0.15) is 5.82 Å². The summed E-state index contributed by atoms with van der Waals surface area (Å²) in [7, 11) is 0. The van der Waals surface area contributed by atoms with Crippen LogP contribution in [0.3, 0.4) is 0 Å². The molecule has 0 spiro atoms. The average Bonchev–Trinajstić information content (AvgIpc) is 2.39. The van der Waals surface area contributed by atoms with Crippen molar-refractivity contribution in [2.75, 3.05) is 31.1 Å². The number of halogens is 1. The molecule has 1 saturated heterocycles. The first kappa shape index (κ1) is 14.8. The second kappa shape index (κ2) is 7.22. The number of rotatable bonds is 5. The van der Waals surface area contributed by atoms with Gasteiger partial charge in [-0.15, -0.1) is 0 Å². The topological polar surface area (TPSA) is 37.4 Å². The van der Waals surface area contributed by atoms with Crippen LogP contribution < -0.4 is 10.2 Å². The van der Waals surface area contributed by atoms with Gasteiger partial charge in [-0.25, -0.2) is 4.98 Å². The summed E-state index contributed by atoms with van der Waals surface area (Å²) >= 11 is 3.51. The second-order valence-electron chi connectivity index (χ2n) is 4.94. The van der Waals surface area contributed by atoms with E-state index in [0.29, 0.717) is 0 Å². The van der Waals surface area contributed by atoms with Gasteiger partial charge in [0, 0.05) is 35.9 Å². The zero-order valence-electron chi connectivity index (χ0n) is 11.7. The number of hydrogen-bond acceptors (Lipinski definition) is 4. The Hall–Kier alpha value is -0.650. The molecular weight excluding hydrogens is 306 g/mol. The number of nitrogens with zero attached hydrogens (tertiary/aromatic N) is 2. The standard InChI is InChI=1S/C14H22BrN3O/c1-3-4-16-8-12-7-13(15)9-17-14(12)18-5-6-19-11(2)10-18/h7,9,11,16H,3-6,8,10H2,1-2H3. The minimum absolute atomic E-state index is 0.274. The number of nitrogens with one attached hydrogen (secondary N) is 1. The third-order valence-corrected chi connectivity index (χ3v) is 3.63. The maximum absolute atomic E-state index is 5.60. The minimum Gasteiger partial charge on any atom is -0.375 e. The van der Waals surface area contributed by atoms with Crippen LogP contribution >= 0.6 is 15.9 Å². The lowest BCUT2D eigenvalue weighted by Gasteiger charge is -2.33. The van der Waals surface area contributed by atoms with Gasteiger partial charge in [-0.3, -0.25) is 0 Å². The van der Waals surface area contributed by atoms with E-state index in [1.54, 1.807) is 0 Å². The van der Waals surface area contributed by atoms with Crippen molar-refractivity contribution < 1.29 is 4.74 Å². The molecule has 5 heteroatoms. The summed E-state index contributed by atoms with van der Waals surface area (Å²) < 4.78 is 6.63. The first-order valence-corrected chi connectivity index (χ1v) is 7.71. The number of hydrogen-bond donors (Lipinski definition) is 1. The van der Waals surface area contributed by atoms with Crippen molar-refractivity contribution in [1.82, 2.24) is 10.3 Å². The highest BCUT2D eigenvalue weighted by molar-refractivity contribution is 9.10. The van der Waals surface area contributed by atoms with Gasteiger partial charge in [0.05, 0.1) is 12.7 Å². The average molecular weight is 328 g/mol. The molecule has 19 heavy (non-hydrogen) atoms. The number of ether oxygens (including phenoxy) is 1. The molecule has 0 saturated carbocycles. The van der Waals surface area contributed by atoms with E-state index in [4.69, 9.17) is 4.74 Å². The molecule has 0 aliphatic carbocycles. The molecule has 2 rings (SSSR count). The Balaban J connectivity index is 2.13. The van der Waals surface area contributed by atoms with Gasteiger partial charge in [-0.1, -0.05) is 6.92 Å². The SMILES string of the molecule is CCCNCc1cc(Br)cnc1N1CCOC(C)C1. The molecule has 1 aliphatic heterocycles. The third kappa shape index (κ3) is 4.16. The van der Waals surface area contributed by atoms with Crippen molar-refractivity contribution in [3.63, 3.8) is 0 Å². The highest BCUT2D eigenvalue weighted by atomic mass is 79.9. The summed E-state index contributed by atoms with van der Waals surface area (Å²) in [4.78, 5) is 6.92. The number of pyridine rings is 1. The Morgan fingerprint density at radius 3 is 3.16 bits per heavy atom. The van der Waals surface area contributed by atoms with Gasteiger partial charge < -0.3 is 15.0 Å². The predicted octanol–water partition coefficient (Wildman–Crippen LogP) is 2.57. The fraction of sp³-hybridized carbons (Fsp3) is 0.643. The normalized spacial score (nSPS) is 19.7. The molecule has 1 N–H and O–H groups in total. The summed E-state index contributed by atoms with van der Waals surface area (Å²) in [5, 5.41) is 3.45. The predicted molar refractivity (Wildman–Crippen MR) is 81.6 cm³/mol. The highest BCUT2D eigenvalue weighted by Crippen LogP contribution is 2.23. The molecule has 0 amide bonds. The second-order valence-corrected chi connectivity index (χ2v) is 5.86. The number of anilines is 1. The van der Waals surface area contributed by atoms with E-state index in [2.05, 4.69) is 51.0 Å². The van der Waals surface area contributed by atoms with Crippen molar-refractivity contribution in [1.29, 1.82) is 0 Å². The van der Waals surface area contributed by atoms with Gasteiger partial charge >= 0.3 is 0 Å². The molecule has 106 valence electrons. The molecule has 1 unspecified atom stereocenters. The van der Waals surface area contributed by atoms with E-state index in [1.807, 2.05) is 6.20 Å². The Morgan fingerprint density at radius 2 is 2.42 bits per heavy atom. The molecule has 0 bridgehead atoms. The van der Waals surface area contributed by atoms with Gasteiger partial charge in [0.2, 0.25) is 0 Å². The lowest BCUT2D eigenvalue weighted by atomic mass is 10.2. The van der Waals surface area contributed by atoms with Crippen LogP contribution in [0.1, 0.15) is 25.8 Å². The van der Waals surface area contributed by atoms with Crippen LogP contribution in [-0.4, -0.2) is 37.3 Å². The lowest BCUT2D eigenvalue weighted by molar-refractivity contribution is 0.0529. The molecular formula is C14H22BrN3O. The largest absolute Gasteiger partial charge is 0.375 e. The molecule has 1 aromatic heterocycles. The molecule has 2 heterocycles. The first-order valence-electron chi connectivity index (χ1n) is 6.92. The van der Waals surface area contributed by atoms with Crippen LogP contribution in [0.2, 0.25) is 0 Å². The van der Waals surface area contributed by atoms with Gasteiger partial charge in [-0.05, 0) is 41.9 Å². The minimum atomic E-state index is 0.274. The molecule has 1 atom stereocenters. The van der Waals surface area contributed by atoms with Crippen molar-refractivity contribution in [2.24, 2.45) is 0 Å². The van der Waals surface area contributed by atoms with Crippen LogP contribution in [0.25, 0.3) is 0 Å². The summed E-state index contributed by atoms with van der Waals surface area (Å²) in [6, 6.07) is 2.16.